The van der Waals surface area contributed by atoms with E-state index < -0.39 is 0 Å². The van der Waals surface area contributed by atoms with Crippen LogP contribution in [0.4, 0.5) is 0 Å². The van der Waals surface area contributed by atoms with Gasteiger partial charge in [-0.05, 0) is 42.2 Å². The van der Waals surface area contributed by atoms with Crippen LogP contribution in [0.1, 0.15) is 22.7 Å². The highest BCUT2D eigenvalue weighted by atomic mass is 35.5. The minimum atomic E-state index is 0.0339. The fourth-order valence-electron chi connectivity index (χ4n) is 2.05. The van der Waals surface area contributed by atoms with Crippen LogP contribution in [0.25, 0.3) is 0 Å². The van der Waals surface area contributed by atoms with Crippen LogP contribution in [-0.4, -0.2) is 9.78 Å². The van der Waals surface area contributed by atoms with E-state index in [1.807, 2.05) is 38.5 Å². The Balaban J connectivity index is 2.22. The molecule has 0 aliphatic rings. The molecular formula is C13H17ClN4. The van der Waals surface area contributed by atoms with E-state index in [4.69, 9.17) is 17.4 Å². The molecule has 2 rings (SSSR count). The fraction of sp³-hybridized carbons (Fsp3) is 0.308. The second-order valence-corrected chi connectivity index (χ2v) is 4.94. The minimum absolute atomic E-state index is 0.0339. The summed E-state index contributed by atoms with van der Waals surface area (Å²) >= 11 is 6.07. The van der Waals surface area contributed by atoms with Crippen LogP contribution in [0.5, 0.6) is 0 Å². The molecule has 96 valence electrons. The number of hydrazine groups is 1. The van der Waals surface area contributed by atoms with E-state index in [1.54, 1.807) is 4.68 Å². The molecule has 0 aliphatic heterocycles. The van der Waals surface area contributed by atoms with E-state index >= 15 is 0 Å². The van der Waals surface area contributed by atoms with E-state index in [2.05, 4.69) is 16.6 Å². The van der Waals surface area contributed by atoms with Crippen molar-refractivity contribution < 1.29 is 0 Å². The number of nitrogens with zero attached hydrogens (tertiary/aromatic N) is 2. The second-order valence-electron chi connectivity index (χ2n) is 4.51. The smallest absolute Gasteiger partial charge is 0.0522 e. The van der Waals surface area contributed by atoms with E-state index in [1.165, 1.54) is 0 Å². The highest BCUT2D eigenvalue weighted by molar-refractivity contribution is 6.30. The van der Waals surface area contributed by atoms with Crippen molar-refractivity contribution in [3.05, 3.63) is 52.3 Å². The summed E-state index contributed by atoms with van der Waals surface area (Å²) in [5.74, 6) is 5.64. The lowest BCUT2D eigenvalue weighted by atomic mass is 10.00. The van der Waals surface area contributed by atoms with Gasteiger partial charge < -0.3 is 0 Å². The zero-order valence-corrected chi connectivity index (χ0v) is 11.3. The third-order valence-electron chi connectivity index (χ3n) is 2.87. The van der Waals surface area contributed by atoms with Gasteiger partial charge in [-0.3, -0.25) is 16.0 Å². The SMILES string of the molecule is Cc1cc(Cl)cc(C(Cc2cnn(C)c2)NN)c1. The Labute approximate surface area is 112 Å². The van der Waals surface area contributed by atoms with Crippen LogP contribution in [0.15, 0.2) is 30.6 Å². The molecule has 0 saturated heterocycles. The monoisotopic (exact) mass is 264 g/mol. The van der Waals surface area contributed by atoms with Gasteiger partial charge in [0, 0.05) is 18.3 Å². The molecule has 1 aromatic carbocycles. The normalized spacial score (nSPS) is 12.7. The van der Waals surface area contributed by atoms with E-state index in [0.717, 1.165) is 28.1 Å². The van der Waals surface area contributed by atoms with Crippen LogP contribution >= 0.6 is 11.6 Å². The quantitative estimate of drug-likeness (QED) is 0.657. The number of rotatable bonds is 4. The molecule has 2 aromatic rings. The predicted octanol–water partition coefficient (Wildman–Crippen LogP) is 2.13. The van der Waals surface area contributed by atoms with Crippen LogP contribution < -0.4 is 11.3 Å². The van der Waals surface area contributed by atoms with Crippen molar-refractivity contribution in [2.24, 2.45) is 12.9 Å². The lowest BCUT2D eigenvalue weighted by Crippen LogP contribution is -2.29. The molecule has 0 radical (unpaired) electrons. The molecule has 0 amide bonds. The topological polar surface area (TPSA) is 55.9 Å². The van der Waals surface area contributed by atoms with Gasteiger partial charge in [-0.15, -0.1) is 0 Å². The summed E-state index contributed by atoms with van der Waals surface area (Å²) in [5.41, 5.74) is 6.19. The van der Waals surface area contributed by atoms with Crippen molar-refractivity contribution in [2.45, 2.75) is 19.4 Å². The first-order chi connectivity index (χ1) is 8.58. The second kappa shape index (κ2) is 5.52. The van der Waals surface area contributed by atoms with Gasteiger partial charge in [0.2, 0.25) is 0 Å². The van der Waals surface area contributed by atoms with E-state index in [0.29, 0.717) is 0 Å². The van der Waals surface area contributed by atoms with Gasteiger partial charge in [0.1, 0.15) is 0 Å². The maximum Gasteiger partial charge on any atom is 0.0522 e. The average molecular weight is 265 g/mol. The largest absolute Gasteiger partial charge is 0.276 e. The van der Waals surface area contributed by atoms with Crippen molar-refractivity contribution in [1.29, 1.82) is 0 Å². The van der Waals surface area contributed by atoms with Crippen LogP contribution in [-0.2, 0) is 13.5 Å². The first-order valence-electron chi connectivity index (χ1n) is 5.79. The number of aryl methyl sites for hydroxylation is 2. The molecule has 0 saturated carbocycles. The Hall–Kier alpha value is -1.36. The molecule has 4 nitrogen and oxygen atoms in total. The summed E-state index contributed by atoms with van der Waals surface area (Å²) in [7, 11) is 1.90. The summed E-state index contributed by atoms with van der Waals surface area (Å²) in [6, 6.07) is 6.00. The predicted molar refractivity (Wildman–Crippen MR) is 73.2 cm³/mol. The highest BCUT2D eigenvalue weighted by Crippen LogP contribution is 2.22. The molecular weight excluding hydrogens is 248 g/mol. The number of hydrogen-bond acceptors (Lipinski definition) is 3. The minimum Gasteiger partial charge on any atom is -0.276 e. The first kappa shape index (κ1) is 13.1. The third-order valence-corrected chi connectivity index (χ3v) is 3.08. The number of nitrogens with two attached hydrogens (primary N) is 1. The van der Waals surface area contributed by atoms with Crippen molar-refractivity contribution in [3.63, 3.8) is 0 Å². The van der Waals surface area contributed by atoms with Crippen LogP contribution in [0.3, 0.4) is 0 Å². The van der Waals surface area contributed by atoms with Crippen molar-refractivity contribution in [3.8, 4) is 0 Å². The molecule has 1 atom stereocenters. The summed E-state index contributed by atoms with van der Waals surface area (Å²) in [5, 5.41) is 4.89. The molecule has 0 bridgehead atoms. The number of hydrogen-bond donors (Lipinski definition) is 2. The van der Waals surface area contributed by atoms with E-state index in [-0.39, 0.29) is 6.04 Å². The van der Waals surface area contributed by atoms with Crippen molar-refractivity contribution in [2.75, 3.05) is 0 Å². The lowest BCUT2D eigenvalue weighted by molar-refractivity contribution is 0.551. The Bertz CT molecular complexity index is 515. The van der Waals surface area contributed by atoms with Crippen molar-refractivity contribution in [1.82, 2.24) is 15.2 Å². The third kappa shape index (κ3) is 3.10. The number of benzene rings is 1. The summed E-state index contributed by atoms with van der Waals surface area (Å²) in [6.45, 7) is 2.02. The standard InChI is InChI=1S/C13H17ClN4/c1-9-3-11(6-12(14)4-9)13(17-15)5-10-7-16-18(2)8-10/h3-4,6-8,13,17H,5,15H2,1-2H3. The number of aromatic nitrogens is 2. The number of halogens is 1. The zero-order chi connectivity index (χ0) is 13.1. The zero-order valence-electron chi connectivity index (χ0n) is 10.5. The molecule has 5 heteroatoms. The number of nitrogens with one attached hydrogen (secondary N) is 1. The summed E-state index contributed by atoms with van der Waals surface area (Å²) in [6.07, 6.45) is 4.62. The molecule has 18 heavy (non-hydrogen) atoms. The maximum absolute atomic E-state index is 6.07. The molecule has 0 spiro atoms. The average Bonchev–Trinajstić information content (AvgIpc) is 2.70. The maximum atomic E-state index is 6.07. The van der Waals surface area contributed by atoms with Crippen LogP contribution in [0, 0.1) is 6.92 Å². The Morgan fingerprint density at radius 3 is 2.78 bits per heavy atom. The molecule has 1 aromatic heterocycles. The molecule has 0 aliphatic carbocycles. The molecule has 1 unspecified atom stereocenters. The fourth-order valence-corrected chi connectivity index (χ4v) is 2.35. The van der Waals surface area contributed by atoms with Gasteiger partial charge >= 0.3 is 0 Å². The Morgan fingerprint density at radius 1 is 1.44 bits per heavy atom. The Morgan fingerprint density at radius 2 is 2.22 bits per heavy atom. The summed E-state index contributed by atoms with van der Waals surface area (Å²) in [4.78, 5) is 0. The van der Waals surface area contributed by atoms with Gasteiger partial charge in [-0.25, -0.2) is 0 Å². The van der Waals surface area contributed by atoms with E-state index in [9.17, 15) is 0 Å². The molecule has 3 N–H and O–H groups in total. The lowest BCUT2D eigenvalue weighted by Gasteiger charge is -2.16. The van der Waals surface area contributed by atoms with Gasteiger partial charge in [0.15, 0.2) is 0 Å². The molecule has 0 fully saturated rings. The van der Waals surface area contributed by atoms with Gasteiger partial charge in [-0.2, -0.15) is 5.10 Å². The van der Waals surface area contributed by atoms with Gasteiger partial charge in [-0.1, -0.05) is 17.7 Å². The summed E-state index contributed by atoms with van der Waals surface area (Å²) < 4.78 is 1.78. The Kier molecular flexibility index (Phi) is 4.01. The van der Waals surface area contributed by atoms with Crippen LogP contribution in [0.2, 0.25) is 5.02 Å². The molecule has 1 heterocycles. The van der Waals surface area contributed by atoms with Crippen molar-refractivity contribution >= 4 is 11.6 Å². The van der Waals surface area contributed by atoms with Gasteiger partial charge in [0.25, 0.3) is 0 Å². The highest BCUT2D eigenvalue weighted by Gasteiger charge is 2.12. The first-order valence-corrected chi connectivity index (χ1v) is 6.17. The van der Waals surface area contributed by atoms with Gasteiger partial charge in [0.05, 0.1) is 12.2 Å².